The summed E-state index contributed by atoms with van der Waals surface area (Å²) in [5.74, 6) is -0.988. The average molecular weight is 531 g/mol. The van der Waals surface area contributed by atoms with Crippen molar-refractivity contribution < 1.29 is 9.59 Å². The number of para-hydroxylation sites is 1. The van der Waals surface area contributed by atoms with Crippen LogP contribution in [0, 0.1) is 0 Å². The summed E-state index contributed by atoms with van der Waals surface area (Å²) >= 11 is 12.4. The molecule has 1 aromatic heterocycles. The van der Waals surface area contributed by atoms with Crippen molar-refractivity contribution in [2.75, 3.05) is 0 Å². The molecule has 5 nitrogen and oxygen atoms in total. The van der Waals surface area contributed by atoms with Crippen molar-refractivity contribution in [1.82, 2.24) is 9.47 Å². The second-order valence-corrected chi connectivity index (χ2v) is 10.8. The maximum Gasteiger partial charge on any atom is 0.278 e. The van der Waals surface area contributed by atoms with E-state index in [0.717, 1.165) is 11.1 Å². The molecule has 2 amide bonds. The van der Waals surface area contributed by atoms with Gasteiger partial charge in [-0.2, -0.15) is 0 Å². The van der Waals surface area contributed by atoms with Gasteiger partial charge in [-0.15, -0.1) is 0 Å². The van der Waals surface area contributed by atoms with Gasteiger partial charge in [-0.05, 0) is 40.3 Å². The van der Waals surface area contributed by atoms with Crippen LogP contribution >= 0.6 is 23.2 Å². The van der Waals surface area contributed by atoms with Crippen molar-refractivity contribution in [3.8, 4) is 16.8 Å². The van der Waals surface area contributed by atoms with Crippen molar-refractivity contribution in [1.29, 1.82) is 0 Å². The van der Waals surface area contributed by atoms with Crippen molar-refractivity contribution in [3.05, 3.63) is 122 Å². The average Bonchev–Trinajstić information content (AvgIpc) is 3.10. The molecule has 5 rings (SSSR count). The molecule has 186 valence electrons. The first-order valence-electron chi connectivity index (χ1n) is 11.8. The molecule has 0 aliphatic carbocycles. The minimum atomic E-state index is -0.522. The molecule has 3 aromatic carbocycles. The number of nitrogens with zero attached hydrogens (tertiary/aromatic N) is 2. The molecule has 0 unspecified atom stereocenters. The summed E-state index contributed by atoms with van der Waals surface area (Å²) < 4.78 is 1.38. The lowest BCUT2D eigenvalue weighted by Gasteiger charge is -2.24. The Balaban J connectivity index is 1.80. The maximum atomic E-state index is 13.9. The fourth-order valence-corrected chi connectivity index (χ4v) is 5.02. The minimum Gasteiger partial charge on any atom is -0.271 e. The Morgan fingerprint density at radius 1 is 0.757 bits per heavy atom. The first kappa shape index (κ1) is 25.0. The summed E-state index contributed by atoms with van der Waals surface area (Å²) in [5.41, 5.74) is 2.60. The minimum absolute atomic E-state index is 0.0474. The number of benzene rings is 3. The molecular weight excluding hydrogens is 507 g/mol. The van der Waals surface area contributed by atoms with E-state index >= 15 is 0 Å². The highest BCUT2D eigenvalue weighted by Gasteiger charge is 2.41. The Morgan fingerprint density at radius 2 is 1.43 bits per heavy atom. The summed E-state index contributed by atoms with van der Waals surface area (Å²) in [7, 11) is 0. The number of rotatable bonds is 4. The molecule has 0 N–H and O–H groups in total. The van der Waals surface area contributed by atoms with Gasteiger partial charge < -0.3 is 0 Å². The second-order valence-electron chi connectivity index (χ2n) is 10.0. The summed E-state index contributed by atoms with van der Waals surface area (Å²) in [6, 6.07) is 23.0. The maximum absolute atomic E-state index is 13.9. The highest BCUT2D eigenvalue weighted by molar-refractivity contribution is 6.42. The number of pyridine rings is 1. The third kappa shape index (κ3) is 4.39. The predicted molar refractivity (Wildman–Crippen MR) is 147 cm³/mol. The first-order chi connectivity index (χ1) is 17.6. The van der Waals surface area contributed by atoms with E-state index in [0.29, 0.717) is 21.8 Å². The zero-order valence-electron chi connectivity index (χ0n) is 20.6. The monoisotopic (exact) mass is 530 g/mol. The van der Waals surface area contributed by atoms with Gasteiger partial charge in [-0.25, -0.2) is 0 Å². The Hall–Kier alpha value is -3.67. The van der Waals surface area contributed by atoms with Gasteiger partial charge in [-0.1, -0.05) is 98.6 Å². The molecule has 2 heterocycles. The van der Waals surface area contributed by atoms with Gasteiger partial charge in [0.05, 0.1) is 27.8 Å². The van der Waals surface area contributed by atoms with Gasteiger partial charge in [0, 0.05) is 11.6 Å². The molecule has 37 heavy (non-hydrogen) atoms. The van der Waals surface area contributed by atoms with E-state index in [1.165, 1.54) is 15.5 Å². The number of carbonyl (C=O) groups excluding carboxylic acids is 2. The fourth-order valence-electron chi connectivity index (χ4n) is 4.73. The van der Waals surface area contributed by atoms with Crippen LogP contribution in [0.2, 0.25) is 10.0 Å². The van der Waals surface area contributed by atoms with Crippen LogP contribution in [0.15, 0.2) is 83.7 Å². The van der Waals surface area contributed by atoms with Crippen LogP contribution in [0.25, 0.3) is 16.8 Å². The van der Waals surface area contributed by atoms with Crippen LogP contribution in [-0.2, 0) is 12.0 Å². The lowest BCUT2D eigenvalue weighted by molar-refractivity contribution is 0.0639. The Morgan fingerprint density at radius 3 is 2.11 bits per heavy atom. The molecule has 0 atom stereocenters. The van der Waals surface area contributed by atoms with Crippen molar-refractivity contribution in [3.63, 3.8) is 0 Å². The Kier molecular flexibility index (Phi) is 6.30. The largest absolute Gasteiger partial charge is 0.278 e. The molecule has 0 saturated carbocycles. The lowest BCUT2D eigenvalue weighted by Crippen LogP contribution is -2.31. The Labute approximate surface area is 224 Å². The number of imide groups is 1. The molecule has 1 aliphatic rings. The highest BCUT2D eigenvalue weighted by atomic mass is 35.5. The van der Waals surface area contributed by atoms with E-state index in [1.807, 2.05) is 69.3 Å². The molecule has 0 fully saturated rings. The summed E-state index contributed by atoms with van der Waals surface area (Å²) in [6.45, 7) is 6.20. The molecule has 7 heteroatoms. The van der Waals surface area contributed by atoms with Crippen molar-refractivity contribution in [2.24, 2.45) is 0 Å². The zero-order chi connectivity index (χ0) is 26.5. The smallest absolute Gasteiger partial charge is 0.271 e. The SMILES string of the molecule is CC(C)(C)c1ccccc1-n1c2c(c(-c3ccc(Cl)c(Cl)c3)cc1=O)C(=O)N(Cc1ccccc1)C2=O. The molecule has 0 radical (unpaired) electrons. The van der Waals surface area contributed by atoms with E-state index in [9.17, 15) is 14.4 Å². The number of hydrogen-bond acceptors (Lipinski definition) is 3. The lowest BCUT2D eigenvalue weighted by atomic mass is 9.85. The van der Waals surface area contributed by atoms with Crippen LogP contribution in [-0.4, -0.2) is 21.3 Å². The molecule has 0 spiro atoms. The number of fused-ring (bicyclic) bond motifs is 1. The van der Waals surface area contributed by atoms with Crippen LogP contribution in [0.1, 0.15) is 52.7 Å². The van der Waals surface area contributed by atoms with E-state index in [-0.39, 0.29) is 28.2 Å². The van der Waals surface area contributed by atoms with Gasteiger partial charge in [0.15, 0.2) is 0 Å². The van der Waals surface area contributed by atoms with Crippen LogP contribution < -0.4 is 5.56 Å². The van der Waals surface area contributed by atoms with Crippen LogP contribution in [0.5, 0.6) is 0 Å². The number of aromatic nitrogens is 1. The normalized spacial score (nSPS) is 13.3. The standard InChI is InChI=1S/C30H24Cl2N2O3/c1-30(2,3)21-11-7-8-12-24(21)34-25(35)16-20(19-13-14-22(31)23(32)15-19)26-27(34)29(37)33(28(26)36)17-18-9-5-4-6-10-18/h4-16H,17H2,1-3H3. The third-order valence-electron chi connectivity index (χ3n) is 6.49. The Bertz CT molecular complexity index is 1620. The van der Waals surface area contributed by atoms with E-state index in [2.05, 4.69) is 0 Å². The second kappa shape index (κ2) is 9.33. The molecule has 4 aromatic rings. The van der Waals surface area contributed by atoms with Crippen molar-refractivity contribution in [2.45, 2.75) is 32.7 Å². The molecular formula is C30H24Cl2N2O3. The summed E-state index contributed by atoms with van der Waals surface area (Å²) in [5, 5.41) is 0.635. The molecule has 0 saturated heterocycles. The number of amides is 2. The summed E-state index contributed by atoms with van der Waals surface area (Å²) in [6.07, 6.45) is 0. The predicted octanol–water partition coefficient (Wildman–Crippen LogP) is 6.91. The first-order valence-corrected chi connectivity index (χ1v) is 12.6. The third-order valence-corrected chi connectivity index (χ3v) is 7.23. The number of halogens is 2. The number of carbonyl (C=O) groups is 2. The topological polar surface area (TPSA) is 59.4 Å². The number of hydrogen-bond donors (Lipinski definition) is 0. The quantitative estimate of drug-likeness (QED) is 0.269. The molecule has 1 aliphatic heterocycles. The van der Waals surface area contributed by atoms with Crippen LogP contribution in [0.4, 0.5) is 0 Å². The molecule has 0 bridgehead atoms. The van der Waals surface area contributed by atoms with Gasteiger partial charge in [0.2, 0.25) is 0 Å². The van der Waals surface area contributed by atoms with E-state index in [4.69, 9.17) is 23.2 Å². The van der Waals surface area contributed by atoms with Crippen LogP contribution in [0.3, 0.4) is 0 Å². The van der Waals surface area contributed by atoms with E-state index < -0.39 is 17.4 Å². The highest BCUT2D eigenvalue weighted by Crippen LogP contribution is 2.37. The van der Waals surface area contributed by atoms with Gasteiger partial charge in [0.1, 0.15) is 5.69 Å². The van der Waals surface area contributed by atoms with Gasteiger partial charge in [0.25, 0.3) is 17.4 Å². The van der Waals surface area contributed by atoms with E-state index in [1.54, 1.807) is 24.3 Å². The summed E-state index contributed by atoms with van der Waals surface area (Å²) in [4.78, 5) is 42.7. The fraction of sp³-hybridized carbons (Fsp3) is 0.167. The van der Waals surface area contributed by atoms with Gasteiger partial charge in [-0.3, -0.25) is 23.9 Å². The zero-order valence-corrected chi connectivity index (χ0v) is 22.1. The van der Waals surface area contributed by atoms with Crippen molar-refractivity contribution >= 4 is 35.0 Å². The van der Waals surface area contributed by atoms with Gasteiger partial charge >= 0.3 is 0 Å².